The van der Waals surface area contributed by atoms with Gasteiger partial charge in [-0.3, -0.25) is 9.89 Å². The van der Waals surface area contributed by atoms with Crippen LogP contribution in [0.1, 0.15) is 25.4 Å². The Morgan fingerprint density at radius 3 is 2.70 bits per heavy atom. The quantitative estimate of drug-likeness (QED) is 0.382. The Hall–Kier alpha value is -1.62. The summed E-state index contributed by atoms with van der Waals surface area (Å²) in [4.78, 5) is 13.6. The maximum atomic E-state index is 4.91. The van der Waals surface area contributed by atoms with Gasteiger partial charge in [0.2, 0.25) is 0 Å². The molecule has 0 unspecified atom stereocenters. The second kappa shape index (κ2) is 10.6. The molecule has 0 radical (unpaired) electrons. The van der Waals surface area contributed by atoms with E-state index in [2.05, 4.69) is 48.7 Å². The molecule has 0 atom stereocenters. The Labute approximate surface area is 178 Å². The lowest BCUT2D eigenvalue weighted by atomic mass is 10.2. The number of guanidine groups is 1. The molecule has 1 saturated heterocycles. The fraction of sp³-hybridized carbons (Fsp3) is 0.611. The van der Waals surface area contributed by atoms with E-state index in [1.165, 1.54) is 0 Å². The van der Waals surface area contributed by atoms with Crippen LogP contribution < -0.4 is 5.32 Å². The molecule has 1 N–H and O–H groups in total. The van der Waals surface area contributed by atoms with Crippen LogP contribution in [0, 0.1) is 5.92 Å². The molecule has 1 fully saturated rings. The molecule has 1 aliphatic rings. The molecule has 0 aromatic carbocycles. The number of aromatic nitrogens is 3. The minimum absolute atomic E-state index is 0. The first-order valence-electron chi connectivity index (χ1n) is 9.23. The van der Waals surface area contributed by atoms with Crippen LogP contribution in [-0.4, -0.2) is 63.7 Å². The number of halogens is 1. The summed E-state index contributed by atoms with van der Waals surface area (Å²) in [5, 5.41) is 7.45. The molecular weight excluding hydrogens is 457 g/mol. The maximum absolute atomic E-state index is 4.91. The van der Waals surface area contributed by atoms with E-state index in [0.29, 0.717) is 12.5 Å². The number of nitrogens with one attached hydrogen (secondary N) is 1. The van der Waals surface area contributed by atoms with Crippen LogP contribution >= 0.6 is 24.0 Å². The van der Waals surface area contributed by atoms with E-state index in [4.69, 9.17) is 4.52 Å². The van der Waals surface area contributed by atoms with Crippen LogP contribution in [0.2, 0.25) is 0 Å². The van der Waals surface area contributed by atoms with E-state index >= 15 is 0 Å². The summed E-state index contributed by atoms with van der Waals surface area (Å²) >= 11 is 0. The summed E-state index contributed by atoms with van der Waals surface area (Å²) in [5.74, 6) is 2.58. The Kier molecular flexibility index (Phi) is 8.55. The van der Waals surface area contributed by atoms with Gasteiger partial charge in [-0.05, 0) is 5.92 Å². The number of nitrogens with zero attached hydrogens (tertiary/aromatic N) is 6. The highest BCUT2D eigenvalue weighted by molar-refractivity contribution is 14.0. The van der Waals surface area contributed by atoms with Crippen molar-refractivity contribution in [3.8, 4) is 0 Å². The third-order valence-corrected chi connectivity index (χ3v) is 4.53. The number of piperazine rings is 1. The standard InChI is InChI=1S/C18H29N7O.HI/c1-15(2)13-25-6-5-20-17(25)12-21-18(19-3)24-9-7-23(8-10-24)14-16-4-11-26-22-16;/h4-6,11,15H,7-10,12-14H2,1-3H3,(H,19,21);1H. The lowest BCUT2D eigenvalue weighted by Crippen LogP contribution is -2.52. The van der Waals surface area contributed by atoms with Gasteiger partial charge in [-0.25, -0.2) is 4.98 Å². The summed E-state index contributed by atoms with van der Waals surface area (Å²) in [6.45, 7) is 10.8. The summed E-state index contributed by atoms with van der Waals surface area (Å²) < 4.78 is 7.12. The summed E-state index contributed by atoms with van der Waals surface area (Å²) in [7, 11) is 1.84. The monoisotopic (exact) mass is 487 g/mol. The smallest absolute Gasteiger partial charge is 0.194 e. The van der Waals surface area contributed by atoms with Crippen LogP contribution in [-0.2, 0) is 19.6 Å². The van der Waals surface area contributed by atoms with Crippen molar-refractivity contribution in [1.82, 2.24) is 29.8 Å². The molecule has 0 aliphatic carbocycles. The van der Waals surface area contributed by atoms with Crippen LogP contribution in [0.3, 0.4) is 0 Å². The largest absolute Gasteiger partial charge is 0.364 e. The van der Waals surface area contributed by atoms with Gasteiger partial charge in [0.15, 0.2) is 5.96 Å². The number of aliphatic imine (C=N–C) groups is 1. The lowest BCUT2D eigenvalue weighted by molar-refractivity contribution is 0.169. The van der Waals surface area contributed by atoms with E-state index in [0.717, 1.165) is 56.7 Å². The van der Waals surface area contributed by atoms with E-state index in [1.54, 1.807) is 6.26 Å². The average Bonchev–Trinajstić information content (AvgIpc) is 3.28. The molecule has 150 valence electrons. The van der Waals surface area contributed by atoms with E-state index < -0.39 is 0 Å². The van der Waals surface area contributed by atoms with Crippen molar-refractivity contribution in [2.75, 3.05) is 33.2 Å². The topological polar surface area (TPSA) is 74.7 Å². The van der Waals surface area contributed by atoms with Gasteiger partial charge in [0.05, 0.1) is 12.2 Å². The average molecular weight is 487 g/mol. The molecule has 3 rings (SSSR count). The van der Waals surface area contributed by atoms with Gasteiger partial charge in [-0.2, -0.15) is 0 Å². The lowest BCUT2D eigenvalue weighted by Gasteiger charge is -2.36. The molecule has 3 heterocycles. The first-order chi connectivity index (χ1) is 12.7. The first-order valence-corrected chi connectivity index (χ1v) is 9.23. The first kappa shape index (κ1) is 21.7. The number of hydrogen-bond donors (Lipinski definition) is 1. The van der Waals surface area contributed by atoms with Gasteiger partial charge in [0.25, 0.3) is 0 Å². The third-order valence-electron chi connectivity index (χ3n) is 4.53. The number of hydrogen-bond acceptors (Lipinski definition) is 5. The molecule has 27 heavy (non-hydrogen) atoms. The van der Waals surface area contributed by atoms with Gasteiger partial charge in [-0.1, -0.05) is 19.0 Å². The molecule has 9 heteroatoms. The van der Waals surface area contributed by atoms with E-state index in [9.17, 15) is 0 Å². The second-order valence-electron chi connectivity index (χ2n) is 7.04. The highest BCUT2D eigenvalue weighted by Crippen LogP contribution is 2.08. The Morgan fingerprint density at radius 2 is 2.07 bits per heavy atom. The fourth-order valence-electron chi connectivity index (χ4n) is 3.22. The minimum atomic E-state index is 0. The maximum Gasteiger partial charge on any atom is 0.194 e. The normalized spacial score (nSPS) is 15.9. The molecule has 2 aromatic heterocycles. The SMILES string of the molecule is CN=C(NCc1nccn1CC(C)C)N1CCN(Cc2ccon2)CC1.I. The van der Waals surface area contributed by atoms with Crippen LogP contribution in [0.5, 0.6) is 0 Å². The second-order valence-corrected chi connectivity index (χ2v) is 7.04. The van der Waals surface area contributed by atoms with Crippen LogP contribution in [0.25, 0.3) is 0 Å². The van der Waals surface area contributed by atoms with Crippen molar-refractivity contribution in [2.45, 2.75) is 33.5 Å². The third kappa shape index (κ3) is 6.20. The van der Waals surface area contributed by atoms with E-state index in [1.807, 2.05) is 25.5 Å². The summed E-state index contributed by atoms with van der Waals surface area (Å²) in [5.41, 5.74) is 0.984. The molecule has 0 spiro atoms. The highest BCUT2D eigenvalue weighted by Gasteiger charge is 2.20. The van der Waals surface area contributed by atoms with Gasteiger partial charge in [0.1, 0.15) is 12.1 Å². The fourth-order valence-corrected chi connectivity index (χ4v) is 3.22. The zero-order valence-corrected chi connectivity index (χ0v) is 18.7. The van der Waals surface area contributed by atoms with Gasteiger partial charge >= 0.3 is 0 Å². The van der Waals surface area contributed by atoms with Crippen molar-refractivity contribution in [3.63, 3.8) is 0 Å². The molecule has 8 nitrogen and oxygen atoms in total. The Bertz CT molecular complexity index is 690. The molecule has 0 amide bonds. The summed E-state index contributed by atoms with van der Waals surface area (Å²) in [6, 6.07) is 1.92. The molecular formula is C18H30IN7O. The Morgan fingerprint density at radius 1 is 1.30 bits per heavy atom. The van der Waals surface area contributed by atoms with Crippen molar-refractivity contribution >= 4 is 29.9 Å². The predicted molar refractivity (Wildman–Crippen MR) is 116 cm³/mol. The van der Waals surface area contributed by atoms with Crippen molar-refractivity contribution in [3.05, 3.63) is 36.2 Å². The minimum Gasteiger partial charge on any atom is -0.364 e. The van der Waals surface area contributed by atoms with Gasteiger partial charge in [0, 0.05) is 64.8 Å². The molecule has 0 bridgehead atoms. The van der Waals surface area contributed by atoms with Crippen molar-refractivity contribution in [2.24, 2.45) is 10.9 Å². The van der Waals surface area contributed by atoms with Crippen LogP contribution in [0.15, 0.2) is 34.2 Å². The zero-order chi connectivity index (χ0) is 18.4. The number of rotatable bonds is 6. The number of imidazole rings is 1. The van der Waals surface area contributed by atoms with Crippen LogP contribution in [0.4, 0.5) is 0 Å². The predicted octanol–water partition coefficient (Wildman–Crippen LogP) is 2.04. The summed E-state index contributed by atoms with van der Waals surface area (Å²) in [6.07, 6.45) is 5.54. The molecule has 2 aromatic rings. The highest BCUT2D eigenvalue weighted by atomic mass is 127. The zero-order valence-electron chi connectivity index (χ0n) is 16.3. The molecule has 0 saturated carbocycles. The van der Waals surface area contributed by atoms with Gasteiger partial charge < -0.3 is 19.3 Å². The van der Waals surface area contributed by atoms with Crippen molar-refractivity contribution < 1.29 is 4.52 Å². The van der Waals surface area contributed by atoms with E-state index in [-0.39, 0.29) is 24.0 Å². The molecule has 1 aliphatic heterocycles. The van der Waals surface area contributed by atoms with Gasteiger partial charge in [-0.15, -0.1) is 24.0 Å². The Balaban J connectivity index is 0.00000261. The van der Waals surface area contributed by atoms with Crippen molar-refractivity contribution in [1.29, 1.82) is 0 Å².